The molecule has 0 aliphatic carbocycles. The summed E-state index contributed by atoms with van der Waals surface area (Å²) in [6.07, 6.45) is -1.58. The largest absolute Gasteiger partial charge is 0.378 e. The van der Waals surface area contributed by atoms with E-state index in [1.165, 1.54) is 6.07 Å². The first-order valence-corrected chi connectivity index (χ1v) is 7.27. The molecule has 1 amide bonds. The van der Waals surface area contributed by atoms with Crippen LogP contribution in [0, 0.1) is 0 Å². The number of aliphatic hydroxyl groups excluding tert-OH is 1. The molecule has 3 rings (SSSR count). The highest BCUT2D eigenvalue weighted by Gasteiger charge is 2.20. The summed E-state index contributed by atoms with van der Waals surface area (Å²) in [7, 11) is 0. The molecule has 3 aromatic carbocycles. The van der Waals surface area contributed by atoms with Gasteiger partial charge in [-0.05, 0) is 28.8 Å². The lowest BCUT2D eigenvalue weighted by Crippen LogP contribution is -2.31. The molecule has 0 saturated carbocycles. The minimum Gasteiger partial charge on any atom is -0.378 e. The Balaban J connectivity index is 2.05. The average molecular weight is 309 g/mol. The molecule has 3 aromatic rings. The van der Waals surface area contributed by atoms with Crippen LogP contribution in [0.2, 0.25) is 0 Å². The lowest BCUT2D eigenvalue weighted by molar-refractivity contribution is -0.130. The van der Waals surface area contributed by atoms with E-state index in [4.69, 9.17) is 5.48 Å². The average Bonchev–Trinajstić information content (AvgIpc) is 2.66. The van der Waals surface area contributed by atoms with Gasteiger partial charge in [-0.15, -0.1) is 0 Å². The van der Waals surface area contributed by atoms with E-state index < -0.39 is 24.9 Å². The van der Waals surface area contributed by atoms with Gasteiger partial charge in [0, 0.05) is 4.11 Å². The standard InChI is InChI=1S/C20H19NO2/c1-14(17-13-7-11-15-8-5-6-12-18(15)17)21-20(23)19(22)16-9-3-2-4-10-16/h2-14,19,22H,1H3,(H,21,23)/t14-,19-/m1/s1/i1D3,14D. The number of carbonyl (C=O) groups excluding carboxylic acids is 1. The molecule has 2 atom stereocenters. The van der Waals surface area contributed by atoms with Gasteiger partial charge < -0.3 is 10.4 Å². The lowest BCUT2D eigenvalue weighted by Gasteiger charge is -2.19. The smallest absolute Gasteiger partial charge is 0.253 e. The predicted octanol–water partition coefficient (Wildman–Crippen LogP) is 3.75. The molecule has 0 spiro atoms. The van der Waals surface area contributed by atoms with Crippen LogP contribution in [-0.2, 0) is 4.79 Å². The molecule has 116 valence electrons. The summed E-state index contributed by atoms with van der Waals surface area (Å²) in [6.45, 7) is -2.86. The molecule has 0 heterocycles. The fraction of sp³-hybridized carbons (Fsp3) is 0.150. The van der Waals surface area contributed by atoms with Crippen molar-refractivity contribution in [1.29, 1.82) is 0 Å². The molecule has 0 aromatic heterocycles. The minimum atomic E-state index is -2.86. The van der Waals surface area contributed by atoms with Crippen molar-refractivity contribution in [3.8, 4) is 0 Å². The van der Waals surface area contributed by atoms with Gasteiger partial charge in [-0.25, -0.2) is 0 Å². The Morgan fingerprint density at radius 1 is 1.04 bits per heavy atom. The van der Waals surface area contributed by atoms with Gasteiger partial charge in [0.15, 0.2) is 6.10 Å². The highest BCUT2D eigenvalue weighted by Crippen LogP contribution is 2.24. The van der Waals surface area contributed by atoms with Crippen molar-refractivity contribution in [2.24, 2.45) is 0 Å². The maximum Gasteiger partial charge on any atom is 0.253 e. The van der Waals surface area contributed by atoms with Crippen LogP contribution < -0.4 is 5.32 Å². The quantitative estimate of drug-likeness (QED) is 0.771. The summed E-state index contributed by atoms with van der Waals surface area (Å²) in [4.78, 5) is 12.6. The minimum absolute atomic E-state index is 0.147. The number of rotatable bonds is 4. The summed E-state index contributed by atoms with van der Waals surface area (Å²) in [6, 6.07) is 17.8. The topological polar surface area (TPSA) is 49.3 Å². The van der Waals surface area contributed by atoms with Gasteiger partial charge >= 0.3 is 0 Å². The first-order valence-electron chi connectivity index (χ1n) is 9.27. The van der Waals surface area contributed by atoms with Crippen LogP contribution in [0.15, 0.2) is 72.8 Å². The van der Waals surface area contributed by atoms with E-state index in [0.717, 1.165) is 5.39 Å². The van der Waals surface area contributed by atoms with Crippen LogP contribution in [0.4, 0.5) is 0 Å². The van der Waals surface area contributed by atoms with E-state index in [9.17, 15) is 9.90 Å². The van der Waals surface area contributed by atoms with E-state index in [0.29, 0.717) is 10.9 Å². The van der Waals surface area contributed by atoms with Crippen molar-refractivity contribution in [3.63, 3.8) is 0 Å². The van der Waals surface area contributed by atoms with Gasteiger partial charge in [-0.1, -0.05) is 72.8 Å². The Bertz CT molecular complexity index is 954. The number of hydrogen-bond acceptors (Lipinski definition) is 2. The van der Waals surface area contributed by atoms with Crippen LogP contribution in [0.25, 0.3) is 10.8 Å². The molecule has 23 heavy (non-hydrogen) atoms. The Morgan fingerprint density at radius 3 is 2.52 bits per heavy atom. The first kappa shape index (κ1) is 11.0. The summed E-state index contributed by atoms with van der Waals surface area (Å²) < 4.78 is 32.3. The summed E-state index contributed by atoms with van der Waals surface area (Å²) in [5.74, 6) is -0.944. The highest BCUT2D eigenvalue weighted by atomic mass is 16.3. The fourth-order valence-corrected chi connectivity index (χ4v) is 2.49. The third-order valence-corrected chi connectivity index (χ3v) is 3.67. The van der Waals surface area contributed by atoms with E-state index >= 15 is 0 Å². The number of carbonyl (C=O) groups is 1. The van der Waals surface area contributed by atoms with Crippen molar-refractivity contribution in [2.45, 2.75) is 19.0 Å². The van der Waals surface area contributed by atoms with Crippen molar-refractivity contribution >= 4 is 16.7 Å². The monoisotopic (exact) mass is 309 g/mol. The molecule has 0 saturated heterocycles. The van der Waals surface area contributed by atoms with Crippen molar-refractivity contribution in [2.75, 3.05) is 0 Å². The SMILES string of the molecule is [2H]C([2H])([2H])[C@@]([2H])(NC(=O)[C@H](O)c1ccccc1)c1cccc2ccccc12. The maximum absolute atomic E-state index is 12.6. The van der Waals surface area contributed by atoms with Crippen LogP contribution in [0.5, 0.6) is 0 Å². The van der Waals surface area contributed by atoms with E-state index in [1.807, 2.05) is 6.07 Å². The molecular formula is C20H19NO2. The Hall–Kier alpha value is -2.65. The van der Waals surface area contributed by atoms with Crippen molar-refractivity contribution in [3.05, 3.63) is 83.9 Å². The molecule has 0 unspecified atom stereocenters. The second kappa shape index (κ2) is 6.63. The zero-order valence-electron chi connectivity index (χ0n) is 16.4. The van der Waals surface area contributed by atoms with Crippen LogP contribution in [0.1, 0.15) is 35.6 Å². The Labute approximate surface area is 141 Å². The van der Waals surface area contributed by atoms with Gasteiger partial charge in [0.25, 0.3) is 5.91 Å². The summed E-state index contributed by atoms with van der Waals surface area (Å²) in [5.41, 5.74) is 0.468. The lowest BCUT2D eigenvalue weighted by atomic mass is 9.99. The van der Waals surface area contributed by atoms with Gasteiger partial charge in [-0.2, -0.15) is 0 Å². The Kier molecular flexibility index (Phi) is 3.16. The Morgan fingerprint density at radius 2 is 1.74 bits per heavy atom. The normalized spacial score (nSPS) is 18.0. The van der Waals surface area contributed by atoms with Gasteiger partial charge in [0.2, 0.25) is 0 Å². The molecule has 2 N–H and O–H groups in total. The molecule has 0 radical (unpaired) electrons. The van der Waals surface area contributed by atoms with E-state index in [1.54, 1.807) is 60.7 Å². The number of hydrogen-bond donors (Lipinski definition) is 2. The zero-order chi connectivity index (χ0) is 19.7. The van der Waals surface area contributed by atoms with Crippen LogP contribution in [0.3, 0.4) is 0 Å². The third kappa shape index (κ3) is 3.25. The molecular weight excluding hydrogens is 286 g/mol. The number of fused-ring (bicyclic) bond motifs is 1. The highest BCUT2D eigenvalue weighted by molar-refractivity contribution is 5.87. The number of amides is 1. The maximum atomic E-state index is 12.6. The van der Waals surface area contributed by atoms with Crippen LogP contribution >= 0.6 is 0 Å². The summed E-state index contributed by atoms with van der Waals surface area (Å²) in [5, 5.41) is 13.9. The number of nitrogens with one attached hydrogen (secondary N) is 1. The molecule has 3 heteroatoms. The molecule has 0 bridgehead atoms. The van der Waals surface area contributed by atoms with Crippen molar-refractivity contribution < 1.29 is 15.4 Å². The first-order chi connectivity index (χ1) is 12.7. The van der Waals surface area contributed by atoms with Gasteiger partial charge in [-0.3, -0.25) is 4.79 Å². The molecule has 0 fully saturated rings. The molecule has 0 aliphatic heterocycles. The van der Waals surface area contributed by atoms with Crippen LogP contribution in [-0.4, -0.2) is 11.0 Å². The number of benzene rings is 3. The zero-order valence-corrected chi connectivity index (χ0v) is 12.4. The third-order valence-electron chi connectivity index (χ3n) is 3.67. The van der Waals surface area contributed by atoms with E-state index in [2.05, 4.69) is 5.32 Å². The van der Waals surface area contributed by atoms with E-state index in [-0.39, 0.29) is 5.56 Å². The van der Waals surface area contributed by atoms with Gasteiger partial charge in [0.05, 0.1) is 7.39 Å². The second-order valence-electron chi connectivity index (χ2n) is 5.20. The van der Waals surface area contributed by atoms with Gasteiger partial charge in [0.1, 0.15) is 0 Å². The molecule has 0 aliphatic rings. The fourth-order valence-electron chi connectivity index (χ4n) is 2.49. The second-order valence-corrected chi connectivity index (χ2v) is 5.20. The molecule has 3 nitrogen and oxygen atoms in total. The number of aliphatic hydroxyl groups is 1. The predicted molar refractivity (Wildman–Crippen MR) is 91.9 cm³/mol. The van der Waals surface area contributed by atoms with Crippen molar-refractivity contribution in [1.82, 2.24) is 5.32 Å². The summed E-state index contributed by atoms with van der Waals surface area (Å²) >= 11 is 0.